The van der Waals surface area contributed by atoms with Gasteiger partial charge < -0.3 is 4.79 Å². The maximum absolute atomic E-state index is 10.3. The summed E-state index contributed by atoms with van der Waals surface area (Å²) in [6.07, 6.45) is 1.93. The van der Waals surface area contributed by atoms with Gasteiger partial charge in [0.05, 0.1) is 0 Å². The van der Waals surface area contributed by atoms with Crippen LogP contribution in [0.2, 0.25) is 0 Å². The summed E-state index contributed by atoms with van der Waals surface area (Å²) in [4.78, 5) is 38.5. The van der Waals surface area contributed by atoms with Gasteiger partial charge in [0.2, 0.25) is 12.6 Å². The lowest BCUT2D eigenvalue weighted by Gasteiger charge is -1.99. The van der Waals surface area contributed by atoms with Crippen molar-refractivity contribution in [2.75, 3.05) is 6.54 Å². The SMILES string of the molecule is C=CC(C)=O.CC(=O)CCC(C)[N+](=O)[O-].CC[N+](=O)[O-]. The number of hydrogen-bond acceptors (Lipinski definition) is 6. The normalized spacial score (nSPS) is 9.80. The lowest BCUT2D eigenvalue weighted by atomic mass is 10.1. The summed E-state index contributed by atoms with van der Waals surface area (Å²) < 4.78 is 0. The standard InChI is InChI=1S/C6H11NO3.C4H6O.C2H5NO2/c1-5(7(9)10)3-4-6(2)8;1-3-4(2)5;1-2-3(4)5/h5H,3-4H2,1-2H3;3H,1H2,2H3;2H2,1H3. The molecule has 1 unspecified atom stereocenters. The molecule has 116 valence electrons. The first kappa shape index (κ1) is 23.0. The van der Waals surface area contributed by atoms with E-state index in [9.17, 15) is 29.8 Å². The molecule has 0 fully saturated rings. The minimum absolute atomic E-state index is 0.00806. The first-order valence-electron chi connectivity index (χ1n) is 5.96. The highest BCUT2D eigenvalue weighted by Gasteiger charge is 2.12. The van der Waals surface area contributed by atoms with Gasteiger partial charge >= 0.3 is 0 Å². The molecule has 0 aromatic carbocycles. The zero-order chi connectivity index (χ0) is 16.7. The van der Waals surface area contributed by atoms with Crippen molar-refractivity contribution >= 4 is 11.6 Å². The fourth-order valence-electron chi connectivity index (χ4n) is 0.518. The molecule has 0 aliphatic rings. The van der Waals surface area contributed by atoms with Crippen LogP contribution in [-0.4, -0.2) is 34.0 Å². The Labute approximate surface area is 118 Å². The summed E-state index contributed by atoms with van der Waals surface area (Å²) in [5, 5.41) is 19.2. The van der Waals surface area contributed by atoms with Crippen molar-refractivity contribution in [3.8, 4) is 0 Å². The minimum Gasteiger partial charge on any atom is -0.300 e. The molecule has 0 N–H and O–H groups in total. The third-order valence-corrected chi connectivity index (χ3v) is 1.82. The molecule has 0 aromatic heterocycles. The Morgan fingerprint density at radius 3 is 1.75 bits per heavy atom. The van der Waals surface area contributed by atoms with Crippen LogP contribution in [0.3, 0.4) is 0 Å². The van der Waals surface area contributed by atoms with Gasteiger partial charge in [0.25, 0.3) is 0 Å². The first-order chi connectivity index (χ1) is 9.08. The van der Waals surface area contributed by atoms with Crippen LogP contribution in [0.4, 0.5) is 0 Å². The molecule has 20 heavy (non-hydrogen) atoms. The number of allylic oxidation sites excluding steroid dienone is 1. The smallest absolute Gasteiger partial charge is 0.210 e. The molecule has 8 heteroatoms. The summed E-state index contributed by atoms with van der Waals surface area (Å²) in [5.41, 5.74) is 0. The van der Waals surface area contributed by atoms with Crippen molar-refractivity contribution < 1.29 is 19.4 Å². The Bertz CT molecular complexity index is 341. The van der Waals surface area contributed by atoms with Crippen molar-refractivity contribution in [1.82, 2.24) is 0 Å². The van der Waals surface area contributed by atoms with Crippen molar-refractivity contribution in [3.05, 3.63) is 32.9 Å². The summed E-state index contributed by atoms with van der Waals surface area (Å²) in [6.45, 7) is 9.14. The lowest BCUT2D eigenvalue weighted by molar-refractivity contribution is -0.518. The van der Waals surface area contributed by atoms with Crippen LogP contribution < -0.4 is 0 Å². The Morgan fingerprint density at radius 2 is 1.60 bits per heavy atom. The zero-order valence-corrected chi connectivity index (χ0v) is 12.3. The number of carbonyl (C=O) groups excluding carboxylic acids is 2. The van der Waals surface area contributed by atoms with E-state index in [2.05, 4.69) is 6.58 Å². The molecular formula is C12H22N2O6. The zero-order valence-electron chi connectivity index (χ0n) is 12.3. The van der Waals surface area contributed by atoms with Crippen molar-refractivity contribution in [3.63, 3.8) is 0 Å². The largest absolute Gasteiger partial charge is 0.300 e. The molecule has 0 saturated carbocycles. The van der Waals surface area contributed by atoms with Gasteiger partial charge in [-0.2, -0.15) is 0 Å². The second kappa shape index (κ2) is 14.9. The predicted molar refractivity (Wildman–Crippen MR) is 74.8 cm³/mol. The number of Topliss-reactive ketones (excluding diaryl/α,β-unsaturated/α-hetero) is 1. The summed E-state index contributed by atoms with van der Waals surface area (Å²) >= 11 is 0. The Morgan fingerprint density at radius 1 is 1.25 bits per heavy atom. The fourth-order valence-corrected chi connectivity index (χ4v) is 0.518. The van der Waals surface area contributed by atoms with Crippen LogP contribution in [0.1, 0.15) is 40.5 Å². The third kappa shape index (κ3) is 29.7. The van der Waals surface area contributed by atoms with E-state index in [1.54, 1.807) is 0 Å². The van der Waals surface area contributed by atoms with Gasteiger partial charge in [-0.1, -0.05) is 6.58 Å². The average molecular weight is 290 g/mol. The van der Waals surface area contributed by atoms with E-state index in [1.165, 1.54) is 33.8 Å². The fraction of sp³-hybridized carbons (Fsp3) is 0.667. The monoisotopic (exact) mass is 290 g/mol. The van der Waals surface area contributed by atoms with Crippen LogP contribution in [-0.2, 0) is 9.59 Å². The van der Waals surface area contributed by atoms with Gasteiger partial charge in [-0.25, -0.2) is 0 Å². The summed E-state index contributed by atoms with van der Waals surface area (Å²) in [7, 11) is 0. The number of nitrogens with zero attached hydrogens (tertiary/aromatic N) is 2. The molecular weight excluding hydrogens is 268 g/mol. The average Bonchev–Trinajstić information content (AvgIpc) is 2.36. The molecule has 0 saturated heterocycles. The highest BCUT2D eigenvalue weighted by molar-refractivity contribution is 5.86. The van der Waals surface area contributed by atoms with Gasteiger partial charge in [-0.15, -0.1) is 0 Å². The Hall–Kier alpha value is -2.12. The second-order valence-electron chi connectivity index (χ2n) is 3.84. The van der Waals surface area contributed by atoms with Crippen LogP contribution in [0.15, 0.2) is 12.7 Å². The molecule has 8 nitrogen and oxygen atoms in total. The van der Waals surface area contributed by atoms with Crippen molar-refractivity contribution in [2.45, 2.75) is 46.6 Å². The van der Waals surface area contributed by atoms with E-state index < -0.39 is 6.04 Å². The van der Waals surface area contributed by atoms with Gasteiger partial charge in [-0.05, 0) is 19.9 Å². The van der Waals surface area contributed by atoms with Crippen LogP contribution in [0.5, 0.6) is 0 Å². The molecule has 0 radical (unpaired) electrons. The molecule has 0 rings (SSSR count). The number of rotatable bonds is 6. The molecule has 0 spiro atoms. The van der Waals surface area contributed by atoms with E-state index in [0.29, 0.717) is 12.8 Å². The highest BCUT2D eigenvalue weighted by Crippen LogP contribution is 1.99. The van der Waals surface area contributed by atoms with E-state index in [0.717, 1.165) is 0 Å². The summed E-state index contributed by atoms with van der Waals surface area (Å²) in [5.74, 6) is 0.0266. The highest BCUT2D eigenvalue weighted by atomic mass is 16.6. The number of ketones is 2. The molecule has 0 aliphatic carbocycles. The van der Waals surface area contributed by atoms with Gasteiger partial charge in [-0.3, -0.25) is 25.0 Å². The van der Waals surface area contributed by atoms with Crippen molar-refractivity contribution in [2.24, 2.45) is 0 Å². The molecule has 1 atom stereocenters. The third-order valence-electron chi connectivity index (χ3n) is 1.82. The quantitative estimate of drug-likeness (QED) is 0.419. The molecule has 0 heterocycles. The van der Waals surface area contributed by atoms with E-state index in [-0.39, 0.29) is 28.0 Å². The maximum Gasteiger partial charge on any atom is 0.210 e. The molecule has 0 bridgehead atoms. The number of carbonyl (C=O) groups is 2. The van der Waals surface area contributed by atoms with Crippen LogP contribution in [0, 0.1) is 20.2 Å². The van der Waals surface area contributed by atoms with Gasteiger partial charge in [0.1, 0.15) is 5.78 Å². The van der Waals surface area contributed by atoms with Crippen molar-refractivity contribution in [1.29, 1.82) is 0 Å². The van der Waals surface area contributed by atoms with Gasteiger partial charge in [0, 0.05) is 36.5 Å². The maximum atomic E-state index is 10.3. The second-order valence-corrected chi connectivity index (χ2v) is 3.84. The van der Waals surface area contributed by atoms with E-state index in [1.807, 2.05) is 0 Å². The Balaban J connectivity index is -0.000000244. The topological polar surface area (TPSA) is 120 Å². The van der Waals surface area contributed by atoms with Gasteiger partial charge in [0.15, 0.2) is 5.78 Å². The van der Waals surface area contributed by atoms with Crippen LogP contribution >= 0.6 is 0 Å². The van der Waals surface area contributed by atoms with E-state index in [4.69, 9.17) is 0 Å². The molecule has 0 amide bonds. The minimum atomic E-state index is -0.594. The lowest BCUT2D eigenvalue weighted by Crippen LogP contribution is -2.15. The molecule has 0 aliphatic heterocycles. The molecule has 0 aromatic rings. The number of hydrogen-bond donors (Lipinski definition) is 0. The summed E-state index contributed by atoms with van der Waals surface area (Å²) in [6, 6.07) is -0.594. The predicted octanol–water partition coefficient (Wildman–Crippen LogP) is 2.07. The first-order valence-corrected chi connectivity index (χ1v) is 5.96. The van der Waals surface area contributed by atoms with E-state index >= 15 is 0 Å². The number of nitro groups is 2. The van der Waals surface area contributed by atoms with Crippen LogP contribution in [0.25, 0.3) is 0 Å². The Kier molecular flexibility index (Phi) is 17.2.